The molecule has 0 spiro atoms. The number of alkyl halides is 1. The van der Waals surface area contributed by atoms with E-state index in [2.05, 4.69) is 138 Å². The van der Waals surface area contributed by atoms with Crippen LogP contribution in [0.15, 0.2) is 132 Å². The van der Waals surface area contributed by atoms with Crippen LogP contribution >= 0.6 is 31.9 Å². The maximum Gasteiger partial charge on any atom is 0.184 e. The minimum atomic E-state index is -0.825. The monoisotopic (exact) mass is 635 g/mol. The predicted molar refractivity (Wildman–Crippen MR) is 161 cm³/mol. The van der Waals surface area contributed by atoms with Gasteiger partial charge in [0.05, 0.1) is 5.69 Å². The van der Waals surface area contributed by atoms with Gasteiger partial charge in [-0.2, -0.15) is 0 Å². The number of benzene rings is 4. The SMILES string of the molecule is BrCc1ncc(-c2ccccc2-c2nnnn2C(c2ccccc2)(c2ccccc2)c2ccccc2)cc1Br. The Balaban J connectivity index is 1.66. The van der Waals surface area contributed by atoms with E-state index in [-0.39, 0.29) is 0 Å². The molecule has 0 atom stereocenters. The van der Waals surface area contributed by atoms with Gasteiger partial charge in [-0.3, -0.25) is 4.98 Å². The Morgan fingerprint density at radius 3 is 1.69 bits per heavy atom. The van der Waals surface area contributed by atoms with Crippen molar-refractivity contribution in [3.8, 4) is 22.5 Å². The van der Waals surface area contributed by atoms with Crippen LogP contribution in [-0.4, -0.2) is 25.2 Å². The van der Waals surface area contributed by atoms with E-state index in [9.17, 15) is 0 Å². The average molecular weight is 637 g/mol. The molecule has 2 heterocycles. The molecule has 6 rings (SSSR count). The van der Waals surface area contributed by atoms with Crippen LogP contribution in [0.3, 0.4) is 0 Å². The first-order valence-electron chi connectivity index (χ1n) is 12.5. The van der Waals surface area contributed by atoms with E-state index in [1.54, 1.807) is 0 Å². The lowest BCUT2D eigenvalue weighted by molar-refractivity contribution is 0.451. The van der Waals surface area contributed by atoms with Gasteiger partial charge in [-0.15, -0.1) is 5.10 Å². The summed E-state index contributed by atoms with van der Waals surface area (Å²) in [6.45, 7) is 0. The van der Waals surface area contributed by atoms with Crippen molar-refractivity contribution < 1.29 is 0 Å². The van der Waals surface area contributed by atoms with E-state index in [4.69, 9.17) is 5.21 Å². The number of halogens is 2. The Bertz CT molecular complexity index is 1610. The van der Waals surface area contributed by atoms with Gasteiger partial charge in [0.25, 0.3) is 0 Å². The molecule has 0 N–H and O–H groups in total. The molecule has 0 amide bonds. The first-order valence-corrected chi connectivity index (χ1v) is 14.4. The zero-order valence-corrected chi connectivity index (χ0v) is 24.0. The lowest BCUT2D eigenvalue weighted by Crippen LogP contribution is -2.39. The molecule has 6 aromatic rings. The van der Waals surface area contributed by atoms with Gasteiger partial charge in [0.2, 0.25) is 0 Å². The standard InChI is InChI=1S/C32H23Br2N5/c33-21-30-29(34)20-23(22-35-30)27-18-10-11-19-28(27)31-36-37-38-39(31)32(24-12-4-1-5-13-24,25-14-6-2-7-15-25)26-16-8-3-9-17-26/h1-20,22H,21H2. The van der Waals surface area contributed by atoms with Gasteiger partial charge in [0, 0.05) is 27.1 Å². The van der Waals surface area contributed by atoms with Gasteiger partial charge < -0.3 is 0 Å². The zero-order valence-electron chi connectivity index (χ0n) is 20.8. The van der Waals surface area contributed by atoms with Crippen molar-refractivity contribution in [1.82, 2.24) is 25.2 Å². The number of pyridine rings is 1. The number of hydrogen-bond donors (Lipinski definition) is 0. The van der Waals surface area contributed by atoms with Crippen LogP contribution in [0.1, 0.15) is 22.4 Å². The van der Waals surface area contributed by atoms with Crippen molar-refractivity contribution >= 4 is 31.9 Å². The number of rotatable bonds is 7. The molecule has 39 heavy (non-hydrogen) atoms. The average Bonchev–Trinajstić information content (AvgIpc) is 3.49. The quantitative estimate of drug-likeness (QED) is 0.132. The molecule has 190 valence electrons. The van der Waals surface area contributed by atoms with Gasteiger partial charge in [-0.05, 0) is 54.7 Å². The molecule has 7 heteroatoms. The summed E-state index contributed by atoms with van der Waals surface area (Å²) in [6.07, 6.45) is 1.90. The summed E-state index contributed by atoms with van der Waals surface area (Å²) < 4.78 is 2.90. The molecule has 2 aromatic heterocycles. The van der Waals surface area contributed by atoms with Gasteiger partial charge in [-0.1, -0.05) is 131 Å². The van der Waals surface area contributed by atoms with Crippen molar-refractivity contribution in [3.63, 3.8) is 0 Å². The summed E-state index contributed by atoms with van der Waals surface area (Å²) in [5.41, 5.74) is 6.16. The molecule has 0 aliphatic heterocycles. The molecule has 0 unspecified atom stereocenters. The highest BCUT2D eigenvalue weighted by Gasteiger charge is 2.42. The van der Waals surface area contributed by atoms with Crippen LogP contribution in [0.2, 0.25) is 0 Å². The summed E-state index contributed by atoms with van der Waals surface area (Å²) in [6, 6.07) is 41.5. The third kappa shape index (κ3) is 4.51. The van der Waals surface area contributed by atoms with E-state index < -0.39 is 5.54 Å². The van der Waals surface area contributed by atoms with Crippen molar-refractivity contribution in [1.29, 1.82) is 0 Å². The van der Waals surface area contributed by atoms with E-state index in [0.717, 1.165) is 43.5 Å². The maximum absolute atomic E-state index is 4.70. The molecule has 0 aliphatic rings. The van der Waals surface area contributed by atoms with Crippen molar-refractivity contribution in [2.75, 3.05) is 0 Å². The molecular formula is C32H23Br2N5. The molecule has 0 bridgehead atoms. The fraction of sp³-hybridized carbons (Fsp3) is 0.0625. The molecule has 0 aliphatic carbocycles. The Kier molecular flexibility index (Phi) is 7.18. The van der Waals surface area contributed by atoms with Crippen LogP contribution in [0.4, 0.5) is 0 Å². The maximum atomic E-state index is 4.70. The fourth-order valence-corrected chi connectivity index (χ4v) is 6.44. The Morgan fingerprint density at radius 1 is 0.667 bits per heavy atom. The van der Waals surface area contributed by atoms with E-state index in [0.29, 0.717) is 11.2 Å². The summed E-state index contributed by atoms with van der Waals surface area (Å²) >= 11 is 7.19. The third-order valence-electron chi connectivity index (χ3n) is 6.88. The predicted octanol–water partition coefficient (Wildman–Crippen LogP) is 7.90. The van der Waals surface area contributed by atoms with Crippen LogP contribution in [0.25, 0.3) is 22.5 Å². The number of hydrogen-bond acceptors (Lipinski definition) is 4. The topological polar surface area (TPSA) is 56.5 Å². The summed E-state index contributed by atoms with van der Waals surface area (Å²) in [5.74, 6) is 0.655. The van der Waals surface area contributed by atoms with Crippen LogP contribution in [0, 0.1) is 0 Å². The lowest BCUT2D eigenvalue weighted by atomic mass is 9.77. The first-order chi connectivity index (χ1) is 19.2. The fourth-order valence-electron chi connectivity index (χ4n) is 5.13. The molecule has 0 saturated heterocycles. The molecule has 0 radical (unpaired) electrons. The Morgan fingerprint density at radius 2 is 1.18 bits per heavy atom. The van der Waals surface area contributed by atoms with Crippen molar-refractivity contribution in [2.24, 2.45) is 0 Å². The van der Waals surface area contributed by atoms with Crippen molar-refractivity contribution in [2.45, 2.75) is 10.9 Å². The highest BCUT2D eigenvalue weighted by Crippen LogP contribution is 2.43. The molecular weight excluding hydrogens is 614 g/mol. The third-order valence-corrected chi connectivity index (χ3v) is 8.10. The second kappa shape index (κ2) is 11.0. The summed E-state index contributed by atoms with van der Waals surface area (Å²) in [4.78, 5) is 4.66. The van der Waals surface area contributed by atoms with Gasteiger partial charge >= 0.3 is 0 Å². The molecule has 0 saturated carbocycles. The van der Waals surface area contributed by atoms with E-state index in [1.807, 2.05) is 41.2 Å². The second-order valence-electron chi connectivity index (χ2n) is 9.05. The number of aromatic nitrogens is 5. The Hall–Kier alpha value is -3.94. The van der Waals surface area contributed by atoms with Crippen LogP contribution < -0.4 is 0 Å². The van der Waals surface area contributed by atoms with Gasteiger partial charge in [-0.25, -0.2) is 4.68 Å². The van der Waals surface area contributed by atoms with Crippen LogP contribution in [-0.2, 0) is 10.9 Å². The van der Waals surface area contributed by atoms with Gasteiger partial charge in [0.1, 0.15) is 5.54 Å². The minimum Gasteiger partial charge on any atom is -0.259 e. The molecule has 0 fully saturated rings. The summed E-state index contributed by atoms with van der Waals surface area (Å²) in [5, 5.41) is 14.3. The van der Waals surface area contributed by atoms with Crippen LogP contribution in [0.5, 0.6) is 0 Å². The highest BCUT2D eigenvalue weighted by molar-refractivity contribution is 9.10. The smallest absolute Gasteiger partial charge is 0.184 e. The normalized spacial score (nSPS) is 11.4. The Labute approximate surface area is 243 Å². The largest absolute Gasteiger partial charge is 0.259 e. The zero-order chi connectivity index (χ0) is 26.7. The molecule has 5 nitrogen and oxygen atoms in total. The minimum absolute atomic E-state index is 0.655. The summed E-state index contributed by atoms with van der Waals surface area (Å²) in [7, 11) is 0. The number of nitrogens with zero attached hydrogens (tertiary/aromatic N) is 5. The van der Waals surface area contributed by atoms with E-state index in [1.165, 1.54) is 0 Å². The number of tetrazole rings is 1. The van der Waals surface area contributed by atoms with Crippen molar-refractivity contribution in [3.05, 3.63) is 154 Å². The molecule has 4 aromatic carbocycles. The highest BCUT2D eigenvalue weighted by atomic mass is 79.9. The van der Waals surface area contributed by atoms with E-state index >= 15 is 0 Å². The second-order valence-corrected chi connectivity index (χ2v) is 10.5. The lowest BCUT2D eigenvalue weighted by Gasteiger charge is -2.36. The first kappa shape index (κ1) is 25.3. The van der Waals surface area contributed by atoms with Gasteiger partial charge in [0.15, 0.2) is 5.82 Å².